The molecule has 0 aliphatic rings. The Morgan fingerprint density at radius 3 is 2.30 bits per heavy atom. The van der Waals surface area contributed by atoms with Gasteiger partial charge in [0, 0.05) is 12.1 Å². The number of hydrogen-bond acceptors (Lipinski definition) is 4. The maximum Gasteiger partial charge on any atom is 0.387 e. The zero-order valence-corrected chi connectivity index (χ0v) is 15.5. The Hall–Kier alpha value is -2.67. The third kappa shape index (κ3) is 6.53. The highest BCUT2D eigenvalue weighted by Gasteiger charge is 2.12. The lowest BCUT2D eigenvalue weighted by Gasteiger charge is -2.12. The Kier molecular flexibility index (Phi) is 7.55. The normalized spacial score (nSPS) is 10.9. The van der Waals surface area contributed by atoms with Crippen LogP contribution in [0.4, 0.5) is 8.78 Å². The van der Waals surface area contributed by atoms with Crippen LogP contribution in [-0.4, -0.2) is 25.7 Å². The van der Waals surface area contributed by atoms with Gasteiger partial charge in [-0.25, -0.2) is 0 Å². The minimum atomic E-state index is -2.93. The Labute approximate surface area is 157 Å². The highest BCUT2D eigenvalue weighted by atomic mass is 19.3. The lowest BCUT2D eigenvalue weighted by molar-refractivity contribution is -0.0512. The molecule has 5 nitrogen and oxygen atoms in total. The van der Waals surface area contributed by atoms with Gasteiger partial charge in [-0.15, -0.1) is 0 Å². The first-order chi connectivity index (χ1) is 12.9. The van der Waals surface area contributed by atoms with E-state index in [9.17, 15) is 13.6 Å². The fraction of sp³-hybridized carbons (Fsp3) is 0.350. The third-order valence-corrected chi connectivity index (χ3v) is 3.70. The van der Waals surface area contributed by atoms with E-state index in [1.54, 1.807) is 24.3 Å². The smallest absolute Gasteiger partial charge is 0.387 e. The van der Waals surface area contributed by atoms with Crippen LogP contribution in [0, 0.1) is 0 Å². The molecule has 1 N–H and O–H groups in total. The van der Waals surface area contributed by atoms with Crippen molar-refractivity contribution in [2.75, 3.05) is 7.11 Å². The molecule has 27 heavy (non-hydrogen) atoms. The predicted octanol–water partition coefficient (Wildman–Crippen LogP) is 4.15. The maximum atomic E-state index is 12.4. The van der Waals surface area contributed by atoms with E-state index in [1.807, 2.05) is 26.0 Å². The molecule has 0 radical (unpaired) electrons. The van der Waals surface area contributed by atoms with Gasteiger partial charge in [0.25, 0.3) is 5.91 Å². The molecular weight excluding hydrogens is 356 g/mol. The van der Waals surface area contributed by atoms with E-state index in [1.165, 1.54) is 13.2 Å². The van der Waals surface area contributed by atoms with Gasteiger partial charge in [-0.3, -0.25) is 4.79 Å². The summed E-state index contributed by atoms with van der Waals surface area (Å²) in [6.45, 7) is 1.71. The number of methoxy groups -OCH3 is 1. The first kappa shape index (κ1) is 20.6. The first-order valence-corrected chi connectivity index (χ1v) is 8.49. The van der Waals surface area contributed by atoms with Crippen molar-refractivity contribution in [1.82, 2.24) is 5.32 Å². The van der Waals surface area contributed by atoms with Crippen molar-refractivity contribution < 1.29 is 27.8 Å². The van der Waals surface area contributed by atoms with Crippen LogP contribution in [0.3, 0.4) is 0 Å². The SMILES string of the molecule is COc1cc(CNC(=O)c2ccc(COC(C)C)cc2)ccc1OC(F)F. The monoisotopic (exact) mass is 379 g/mol. The topological polar surface area (TPSA) is 56.8 Å². The number of halogens is 2. The van der Waals surface area contributed by atoms with E-state index in [0.29, 0.717) is 17.7 Å². The van der Waals surface area contributed by atoms with Crippen LogP contribution < -0.4 is 14.8 Å². The highest BCUT2D eigenvalue weighted by molar-refractivity contribution is 5.94. The van der Waals surface area contributed by atoms with Crippen LogP contribution in [0.5, 0.6) is 11.5 Å². The molecule has 0 fully saturated rings. The molecule has 0 saturated carbocycles. The molecule has 1 amide bonds. The first-order valence-electron chi connectivity index (χ1n) is 8.49. The summed E-state index contributed by atoms with van der Waals surface area (Å²) in [5, 5.41) is 2.78. The molecule has 146 valence electrons. The molecule has 0 aliphatic heterocycles. The summed E-state index contributed by atoms with van der Waals surface area (Å²) in [4.78, 5) is 12.3. The summed E-state index contributed by atoms with van der Waals surface area (Å²) < 4.78 is 39.6. The van der Waals surface area contributed by atoms with Gasteiger partial charge in [-0.2, -0.15) is 8.78 Å². The molecule has 0 heterocycles. The van der Waals surface area contributed by atoms with Crippen molar-refractivity contribution in [3.8, 4) is 11.5 Å². The van der Waals surface area contributed by atoms with Gasteiger partial charge >= 0.3 is 6.61 Å². The lowest BCUT2D eigenvalue weighted by Crippen LogP contribution is -2.22. The second-order valence-corrected chi connectivity index (χ2v) is 6.10. The summed E-state index contributed by atoms with van der Waals surface area (Å²) in [6.07, 6.45) is 0.141. The number of alkyl halides is 2. The van der Waals surface area contributed by atoms with Crippen molar-refractivity contribution in [3.63, 3.8) is 0 Å². The number of carbonyl (C=O) groups is 1. The van der Waals surface area contributed by atoms with Gasteiger partial charge in [0.05, 0.1) is 19.8 Å². The molecule has 0 saturated heterocycles. The summed E-state index contributed by atoms with van der Waals surface area (Å²) in [7, 11) is 1.36. The van der Waals surface area contributed by atoms with Gasteiger partial charge in [-0.05, 0) is 49.2 Å². The van der Waals surface area contributed by atoms with Crippen molar-refractivity contribution in [1.29, 1.82) is 0 Å². The van der Waals surface area contributed by atoms with Crippen LogP contribution in [-0.2, 0) is 17.9 Å². The molecule has 0 atom stereocenters. The minimum absolute atomic E-state index is 0.0539. The van der Waals surface area contributed by atoms with Crippen molar-refractivity contribution >= 4 is 5.91 Å². The summed E-state index contributed by atoms with van der Waals surface area (Å²) in [6, 6.07) is 11.7. The molecule has 0 aromatic heterocycles. The van der Waals surface area contributed by atoms with E-state index >= 15 is 0 Å². The maximum absolute atomic E-state index is 12.4. The molecule has 0 unspecified atom stereocenters. The van der Waals surface area contributed by atoms with Crippen LogP contribution >= 0.6 is 0 Å². The van der Waals surface area contributed by atoms with Crippen molar-refractivity contribution in [3.05, 3.63) is 59.2 Å². The molecule has 2 rings (SSSR count). The van der Waals surface area contributed by atoms with Gasteiger partial charge < -0.3 is 19.5 Å². The van der Waals surface area contributed by atoms with Crippen LogP contribution in [0.2, 0.25) is 0 Å². The van der Waals surface area contributed by atoms with Gasteiger partial charge in [-0.1, -0.05) is 18.2 Å². The minimum Gasteiger partial charge on any atom is -0.493 e. The third-order valence-electron chi connectivity index (χ3n) is 3.70. The number of nitrogens with one attached hydrogen (secondary N) is 1. The average Bonchev–Trinajstić information content (AvgIpc) is 2.65. The number of hydrogen-bond donors (Lipinski definition) is 1. The zero-order valence-electron chi connectivity index (χ0n) is 15.5. The molecule has 0 spiro atoms. The van der Waals surface area contributed by atoms with E-state index in [-0.39, 0.29) is 30.1 Å². The van der Waals surface area contributed by atoms with Crippen LogP contribution in [0.25, 0.3) is 0 Å². The molecule has 7 heteroatoms. The molecular formula is C20H23F2NO4. The van der Waals surface area contributed by atoms with E-state index in [0.717, 1.165) is 5.56 Å². The quantitative estimate of drug-likeness (QED) is 0.711. The summed E-state index contributed by atoms with van der Waals surface area (Å²) in [5.74, 6) is -0.114. The number of ether oxygens (including phenoxy) is 3. The lowest BCUT2D eigenvalue weighted by atomic mass is 10.1. The van der Waals surface area contributed by atoms with E-state index in [2.05, 4.69) is 10.1 Å². The Bertz CT molecular complexity index is 748. The van der Waals surface area contributed by atoms with Crippen LogP contribution in [0.1, 0.15) is 35.3 Å². The number of benzene rings is 2. The molecule has 2 aromatic rings. The Morgan fingerprint density at radius 2 is 1.70 bits per heavy atom. The largest absolute Gasteiger partial charge is 0.493 e. The highest BCUT2D eigenvalue weighted by Crippen LogP contribution is 2.29. The summed E-state index contributed by atoms with van der Waals surface area (Å²) in [5.41, 5.74) is 2.20. The van der Waals surface area contributed by atoms with Crippen molar-refractivity contribution in [2.45, 2.75) is 39.7 Å². The van der Waals surface area contributed by atoms with Gasteiger partial charge in [0.2, 0.25) is 0 Å². The Morgan fingerprint density at radius 1 is 1.04 bits per heavy atom. The predicted molar refractivity (Wildman–Crippen MR) is 97.2 cm³/mol. The van der Waals surface area contributed by atoms with Gasteiger partial charge in [0.15, 0.2) is 11.5 Å². The Balaban J connectivity index is 1.94. The second kappa shape index (κ2) is 9.87. The van der Waals surface area contributed by atoms with E-state index < -0.39 is 6.61 Å². The fourth-order valence-corrected chi connectivity index (χ4v) is 2.31. The average molecular weight is 379 g/mol. The molecule has 2 aromatic carbocycles. The zero-order chi connectivity index (χ0) is 19.8. The molecule has 0 bridgehead atoms. The molecule has 0 aliphatic carbocycles. The number of carbonyl (C=O) groups excluding carboxylic acids is 1. The number of rotatable bonds is 9. The summed E-state index contributed by atoms with van der Waals surface area (Å²) >= 11 is 0. The number of amides is 1. The standard InChI is InChI=1S/C20H23F2NO4/c1-13(2)26-12-14-4-7-16(8-5-14)19(24)23-11-15-6-9-17(27-20(21)22)18(10-15)25-3/h4-10,13,20H,11-12H2,1-3H3,(H,23,24). The van der Waals surface area contributed by atoms with E-state index in [4.69, 9.17) is 9.47 Å². The van der Waals surface area contributed by atoms with Crippen molar-refractivity contribution in [2.24, 2.45) is 0 Å². The second-order valence-electron chi connectivity index (χ2n) is 6.10. The van der Waals surface area contributed by atoms with Crippen LogP contribution in [0.15, 0.2) is 42.5 Å². The van der Waals surface area contributed by atoms with Gasteiger partial charge in [0.1, 0.15) is 0 Å². The fourth-order valence-electron chi connectivity index (χ4n) is 2.31.